The number of carboxylic acid groups (broad SMARTS) is 1. The fourth-order valence-electron chi connectivity index (χ4n) is 2.75. The highest BCUT2D eigenvalue weighted by Crippen LogP contribution is 2.27. The average Bonchev–Trinajstić information content (AvgIpc) is 2.99. The Labute approximate surface area is 124 Å². The van der Waals surface area contributed by atoms with E-state index in [0.29, 0.717) is 11.5 Å². The van der Waals surface area contributed by atoms with E-state index in [0.717, 1.165) is 18.9 Å². The maximum absolute atomic E-state index is 12.3. The van der Waals surface area contributed by atoms with E-state index in [1.165, 1.54) is 25.1 Å². The highest BCUT2D eigenvalue weighted by atomic mass is 16.4. The van der Waals surface area contributed by atoms with Crippen molar-refractivity contribution in [1.29, 1.82) is 0 Å². The Hall–Kier alpha value is -2.17. The number of hydrogen-bond acceptors (Lipinski definition) is 3. The number of carbonyl (C=O) groups is 2. The number of rotatable bonds is 5. The number of aromatic nitrogens is 1. The van der Waals surface area contributed by atoms with E-state index in [4.69, 9.17) is 5.11 Å². The Morgan fingerprint density at radius 2 is 2.14 bits per heavy atom. The molecule has 1 atom stereocenters. The first-order valence-electron chi connectivity index (χ1n) is 7.25. The minimum absolute atomic E-state index is 0.110. The zero-order valence-corrected chi connectivity index (χ0v) is 12.1. The van der Waals surface area contributed by atoms with Gasteiger partial charge in [0.2, 0.25) is 0 Å². The van der Waals surface area contributed by atoms with Crippen molar-refractivity contribution >= 4 is 18.0 Å². The van der Waals surface area contributed by atoms with Crippen LogP contribution in [-0.2, 0) is 4.79 Å². The van der Waals surface area contributed by atoms with Crippen LogP contribution in [0.15, 0.2) is 24.4 Å². The molecule has 0 bridgehead atoms. The van der Waals surface area contributed by atoms with Gasteiger partial charge in [0, 0.05) is 23.9 Å². The van der Waals surface area contributed by atoms with E-state index in [2.05, 4.69) is 10.3 Å². The van der Waals surface area contributed by atoms with Crippen LogP contribution < -0.4 is 5.32 Å². The summed E-state index contributed by atoms with van der Waals surface area (Å²) in [4.78, 5) is 27.0. The minimum Gasteiger partial charge on any atom is -0.478 e. The fourth-order valence-corrected chi connectivity index (χ4v) is 2.75. The Morgan fingerprint density at radius 3 is 2.81 bits per heavy atom. The number of carboxylic acids is 1. The van der Waals surface area contributed by atoms with Crippen LogP contribution in [0.25, 0.3) is 6.08 Å². The highest BCUT2D eigenvalue weighted by molar-refractivity contribution is 5.97. The predicted molar refractivity (Wildman–Crippen MR) is 79.8 cm³/mol. The van der Waals surface area contributed by atoms with Crippen LogP contribution in [0.1, 0.15) is 48.7 Å². The summed E-state index contributed by atoms with van der Waals surface area (Å²) < 4.78 is 0. The number of nitrogens with one attached hydrogen (secondary N) is 1. The molecule has 1 amide bonds. The predicted octanol–water partition coefficient (Wildman–Crippen LogP) is 2.49. The van der Waals surface area contributed by atoms with Gasteiger partial charge in [0.15, 0.2) is 0 Å². The molecule has 1 fully saturated rings. The first kappa shape index (κ1) is 15.2. The van der Waals surface area contributed by atoms with Gasteiger partial charge in [-0.2, -0.15) is 0 Å². The van der Waals surface area contributed by atoms with Crippen LogP contribution in [0.4, 0.5) is 0 Å². The second-order valence-corrected chi connectivity index (χ2v) is 5.42. The standard InChI is InChI=1S/C16H20N2O3/c1-11(12-5-2-3-6-12)18-16(21)15-13(7-4-10-17-15)8-9-14(19)20/h4,7-12H,2-3,5-6H2,1H3,(H,18,21)(H,19,20)/b9-8+. The van der Waals surface area contributed by atoms with Crippen molar-refractivity contribution < 1.29 is 14.7 Å². The third-order valence-corrected chi connectivity index (χ3v) is 3.93. The molecular formula is C16H20N2O3. The normalized spacial score (nSPS) is 17.0. The number of aliphatic carboxylic acids is 1. The van der Waals surface area contributed by atoms with Crippen molar-refractivity contribution in [2.45, 2.75) is 38.6 Å². The van der Waals surface area contributed by atoms with Crippen LogP contribution >= 0.6 is 0 Å². The quantitative estimate of drug-likeness (QED) is 0.816. The third kappa shape index (κ3) is 4.15. The zero-order chi connectivity index (χ0) is 15.2. The Balaban J connectivity index is 2.09. The van der Waals surface area contributed by atoms with Crippen LogP contribution in [0.3, 0.4) is 0 Å². The molecule has 1 heterocycles. The maximum Gasteiger partial charge on any atom is 0.328 e. The maximum atomic E-state index is 12.3. The van der Waals surface area contributed by atoms with E-state index in [-0.39, 0.29) is 17.6 Å². The summed E-state index contributed by atoms with van der Waals surface area (Å²) in [6.07, 6.45) is 8.68. The van der Waals surface area contributed by atoms with Gasteiger partial charge in [-0.1, -0.05) is 18.9 Å². The number of hydrogen-bond donors (Lipinski definition) is 2. The van der Waals surface area contributed by atoms with E-state index in [9.17, 15) is 9.59 Å². The summed E-state index contributed by atoms with van der Waals surface area (Å²) >= 11 is 0. The van der Waals surface area contributed by atoms with Gasteiger partial charge in [-0.05, 0) is 37.8 Å². The monoisotopic (exact) mass is 288 g/mol. The second-order valence-electron chi connectivity index (χ2n) is 5.42. The molecule has 0 spiro atoms. The van der Waals surface area contributed by atoms with E-state index in [1.807, 2.05) is 6.92 Å². The summed E-state index contributed by atoms with van der Waals surface area (Å²) in [6.45, 7) is 2.02. The Morgan fingerprint density at radius 1 is 1.43 bits per heavy atom. The molecular weight excluding hydrogens is 268 g/mol. The number of pyridine rings is 1. The average molecular weight is 288 g/mol. The summed E-state index contributed by atoms with van der Waals surface area (Å²) in [7, 11) is 0. The number of carbonyl (C=O) groups excluding carboxylic acids is 1. The van der Waals surface area contributed by atoms with Gasteiger partial charge < -0.3 is 10.4 Å². The third-order valence-electron chi connectivity index (χ3n) is 3.93. The SMILES string of the molecule is CC(NC(=O)c1ncccc1/C=C/C(=O)O)C1CCCC1. The fraction of sp³-hybridized carbons (Fsp3) is 0.438. The van der Waals surface area contributed by atoms with E-state index >= 15 is 0 Å². The molecule has 112 valence electrons. The zero-order valence-electron chi connectivity index (χ0n) is 12.1. The molecule has 2 N–H and O–H groups in total. The van der Waals surface area contributed by atoms with Gasteiger partial charge in [-0.3, -0.25) is 9.78 Å². The first-order chi connectivity index (χ1) is 10.1. The van der Waals surface area contributed by atoms with Crippen LogP contribution in [0.2, 0.25) is 0 Å². The first-order valence-corrected chi connectivity index (χ1v) is 7.25. The van der Waals surface area contributed by atoms with Crippen molar-refractivity contribution in [3.8, 4) is 0 Å². The molecule has 1 aromatic heterocycles. The topological polar surface area (TPSA) is 79.3 Å². The van der Waals surface area contributed by atoms with E-state index < -0.39 is 5.97 Å². The molecule has 1 aromatic rings. The van der Waals surface area contributed by atoms with Crippen molar-refractivity contribution in [2.24, 2.45) is 5.92 Å². The molecule has 0 radical (unpaired) electrons. The lowest BCUT2D eigenvalue weighted by Crippen LogP contribution is -2.37. The van der Waals surface area contributed by atoms with Crippen LogP contribution in [-0.4, -0.2) is 28.0 Å². The lowest BCUT2D eigenvalue weighted by atomic mass is 9.99. The van der Waals surface area contributed by atoms with Crippen molar-refractivity contribution in [2.75, 3.05) is 0 Å². The summed E-state index contributed by atoms with van der Waals surface area (Å²) in [6, 6.07) is 3.47. The van der Waals surface area contributed by atoms with Crippen LogP contribution in [0, 0.1) is 5.92 Å². The molecule has 2 rings (SSSR count). The van der Waals surface area contributed by atoms with E-state index in [1.54, 1.807) is 12.1 Å². The van der Waals surface area contributed by atoms with Crippen LogP contribution in [0.5, 0.6) is 0 Å². The molecule has 0 aromatic carbocycles. The Bertz CT molecular complexity index is 548. The lowest BCUT2D eigenvalue weighted by molar-refractivity contribution is -0.131. The summed E-state index contributed by atoms with van der Waals surface area (Å²) in [5.74, 6) is -0.778. The summed E-state index contributed by atoms with van der Waals surface area (Å²) in [5.41, 5.74) is 0.774. The molecule has 0 saturated heterocycles. The molecule has 1 saturated carbocycles. The molecule has 1 aliphatic rings. The van der Waals surface area contributed by atoms with Crippen molar-refractivity contribution in [3.05, 3.63) is 35.7 Å². The number of nitrogens with zero attached hydrogens (tertiary/aromatic N) is 1. The largest absolute Gasteiger partial charge is 0.478 e. The lowest BCUT2D eigenvalue weighted by Gasteiger charge is -2.20. The van der Waals surface area contributed by atoms with Gasteiger partial charge in [0.25, 0.3) is 5.91 Å². The van der Waals surface area contributed by atoms with Gasteiger partial charge in [-0.25, -0.2) is 4.79 Å². The van der Waals surface area contributed by atoms with Gasteiger partial charge in [-0.15, -0.1) is 0 Å². The molecule has 1 aliphatic carbocycles. The minimum atomic E-state index is -1.05. The number of amides is 1. The molecule has 21 heavy (non-hydrogen) atoms. The van der Waals surface area contributed by atoms with Crippen molar-refractivity contribution in [3.63, 3.8) is 0 Å². The Kier molecular flexibility index (Phi) is 5.09. The molecule has 0 aliphatic heterocycles. The van der Waals surface area contributed by atoms with Gasteiger partial charge in [0.05, 0.1) is 0 Å². The second kappa shape index (κ2) is 7.02. The van der Waals surface area contributed by atoms with Gasteiger partial charge in [0.1, 0.15) is 5.69 Å². The van der Waals surface area contributed by atoms with Gasteiger partial charge >= 0.3 is 5.97 Å². The smallest absolute Gasteiger partial charge is 0.328 e. The summed E-state index contributed by atoms with van der Waals surface area (Å²) in [5, 5.41) is 11.7. The molecule has 5 heteroatoms. The highest BCUT2D eigenvalue weighted by Gasteiger charge is 2.24. The molecule has 5 nitrogen and oxygen atoms in total. The molecule has 1 unspecified atom stereocenters. The van der Waals surface area contributed by atoms with Crippen molar-refractivity contribution in [1.82, 2.24) is 10.3 Å².